The molecule has 0 bridgehead atoms. The highest BCUT2D eigenvalue weighted by Gasteiger charge is 2.20. The van der Waals surface area contributed by atoms with Crippen molar-refractivity contribution >= 4 is 39.1 Å². The van der Waals surface area contributed by atoms with Crippen LogP contribution < -0.4 is 15.5 Å². The zero-order valence-corrected chi connectivity index (χ0v) is 20.1. The van der Waals surface area contributed by atoms with Crippen LogP contribution in [-0.4, -0.2) is 31.4 Å². The van der Waals surface area contributed by atoms with Gasteiger partial charge in [-0.2, -0.15) is 0 Å². The Balaban J connectivity index is 1.52. The van der Waals surface area contributed by atoms with Crippen molar-refractivity contribution in [3.05, 3.63) is 94.0 Å². The molecular formula is C27H28BrN3O2. The summed E-state index contributed by atoms with van der Waals surface area (Å²) in [6.07, 6.45) is 4.23. The molecule has 0 spiro atoms. The van der Waals surface area contributed by atoms with Crippen LogP contribution in [0.4, 0.5) is 11.4 Å². The lowest BCUT2D eigenvalue weighted by Crippen LogP contribution is -2.33. The minimum absolute atomic E-state index is 0.120. The molecule has 5 nitrogen and oxygen atoms in total. The van der Waals surface area contributed by atoms with Gasteiger partial charge in [-0.3, -0.25) is 9.59 Å². The van der Waals surface area contributed by atoms with Gasteiger partial charge in [0, 0.05) is 41.0 Å². The van der Waals surface area contributed by atoms with Crippen molar-refractivity contribution in [3.63, 3.8) is 0 Å². The number of nitrogens with zero attached hydrogens (tertiary/aromatic N) is 1. The van der Waals surface area contributed by atoms with E-state index in [-0.39, 0.29) is 11.8 Å². The number of carbonyl (C=O) groups is 2. The second-order valence-electron chi connectivity index (χ2n) is 8.24. The molecule has 0 aromatic heterocycles. The summed E-state index contributed by atoms with van der Waals surface area (Å²) in [6, 6.07) is 23.0. The van der Waals surface area contributed by atoms with Crippen molar-refractivity contribution in [1.29, 1.82) is 0 Å². The molecule has 4 rings (SSSR count). The monoisotopic (exact) mass is 505 g/mol. The molecule has 1 saturated heterocycles. The molecule has 33 heavy (non-hydrogen) atoms. The average Bonchev–Trinajstić information content (AvgIpc) is 2.85. The van der Waals surface area contributed by atoms with Crippen molar-refractivity contribution in [2.75, 3.05) is 29.9 Å². The summed E-state index contributed by atoms with van der Waals surface area (Å²) in [6.45, 7) is 2.43. The maximum atomic E-state index is 13.2. The van der Waals surface area contributed by atoms with Crippen LogP contribution in [0.3, 0.4) is 0 Å². The Hall–Kier alpha value is -3.12. The smallest absolute Gasteiger partial charge is 0.255 e. The molecule has 1 aliphatic rings. The van der Waals surface area contributed by atoms with Gasteiger partial charge in [-0.1, -0.05) is 52.3 Å². The predicted molar refractivity (Wildman–Crippen MR) is 137 cm³/mol. The van der Waals surface area contributed by atoms with Crippen LogP contribution in [-0.2, 0) is 6.42 Å². The summed E-state index contributed by atoms with van der Waals surface area (Å²) in [5, 5.41) is 6.00. The van der Waals surface area contributed by atoms with E-state index in [2.05, 4.69) is 43.6 Å². The maximum Gasteiger partial charge on any atom is 0.255 e. The molecule has 6 heteroatoms. The van der Waals surface area contributed by atoms with Gasteiger partial charge in [-0.15, -0.1) is 0 Å². The Kier molecular flexibility index (Phi) is 7.79. The summed E-state index contributed by atoms with van der Waals surface area (Å²) in [4.78, 5) is 28.2. The van der Waals surface area contributed by atoms with Crippen molar-refractivity contribution in [2.24, 2.45) is 0 Å². The van der Waals surface area contributed by atoms with E-state index in [1.807, 2.05) is 42.5 Å². The molecule has 0 saturated carbocycles. The molecule has 2 amide bonds. The fraction of sp³-hybridized carbons (Fsp3) is 0.259. The van der Waals surface area contributed by atoms with Crippen molar-refractivity contribution in [1.82, 2.24) is 5.32 Å². The lowest BCUT2D eigenvalue weighted by Gasteiger charge is -2.30. The van der Waals surface area contributed by atoms with Crippen LogP contribution >= 0.6 is 15.9 Å². The molecule has 1 aliphatic heterocycles. The topological polar surface area (TPSA) is 61.4 Å². The lowest BCUT2D eigenvalue weighted by molar-refractivity contribution is 0.0953. The first-order valence-electron chi connectivity index (χ1n) is 11.4. The Morgan fingerprint density at radius 2 is 1.64 bits per heavy atom. The van der Waals surface area contributed by atoms with Crippen LogP contribution in [0.2, 0.25) is 0 Å². The van der Waals surface area contributed by atoms with Gasteiger partial charge in [0.2, 0.25) is 0 Å². The van der Waals surface area contributed by atoms with E-state index in [0.29, 0.717) is 23.4 Å². The number of hydrogen-bond acceptors (Lipinski definition) is 3. The molecule has 0 atom stereocenters. The zero-order valence-electron chi connectivity index (χ0n) is 18.5. The van der Waals surface area contributed by atoms with Gasteiger partial charge in [0.15, 0.2) is 0 Å². The molecule has 0 unspecified atom stereocenters. The van der Waals surface area contributed by atoms with Crippen molar-refractivity contribution in [2.45, 2.75) is 25.7 Å². The normalized spacial score (nSPS) is 13.4. The molecule has 0 radical (unpaired) electrons. The maximum absolute atomic E-state index is 13.2. The van der Waals surface area contributed by atoms with E-state index in [1.165, 1.54) is 12.0 Å². The second kappa shape index (κ2) is 11.1. The Morgan fingerprint density at radius 1 is 0.848 bits per heavy atom. The van der Waals surface area contributed by atoms with E-state index >= 15 is 0 Å². The number of halogens is 1. The number of amides is 2. The first-order valence-corrected chi connectivity index (χ1v) is 12.2. The number of nitrogens with one attached hydrogen (secondary N) is 2. The van der Waals surface area contributed by atoms with Crippen LogP contribution in [0.1, 0.15) is 45.5 Å². The van der Waals surface area contributed by atoms with Crippen LogP contribution in [0.25, 0.3) is 0 Å². The third-order valence-corrected chi connectivity index (χ3v) is 6.32. The van der Waals surface area contributed by atoms with Crippen molar-refractivity contribution < 1.29 is 9.59 Å². The van der Waals surface area contributed by atoms with E-state index < -0.39 is 0 Å². The van der Waals surface area contributed by atoms with E-state index in [1.54, 1.807) is 18.2 Å². The lowest BCUT2D eigenvalue weighted by atomic mass is 10.1. The first-order chi connectivity index (χ1) is 16.1. The molecule has 1 fully saturated rings. The minimum Gasteiger partial charge on any atom is -0.371 e. The number of benzene rings is 3. The van der Waals surface area contributed by atoms with Crippen molar-refractivity contribution in [3.8, 4) is 0 Å². The number of hydrogen-bond donors (Lipinski definition) is 2. The van der Waals surface area contributed by atoms with Crippen LogP contribution in [0, 0.1) is 0 Å². The van der Waals surface area contributed by atoms with E-state index in [9.17, 15) is 9.59 Å². The summed E-state index contributed by atoms with van der Waals surface area (Å²) in [5.74, 6) is -0.331. The number of anilines is 2. The van der Waals surface area contributed by atoms with E-state index in [0.717, 1.165) is 42.5 Å². The third kappa shape index (κ3) is 6.23. The molecule has 2 N–H and O–H groups in total. The molecule has 0 aliphatic carbocycles. The quantitative estimate of drug-likeness (QED) is 0.435. The summed E-state index contributed by atoms with van der Waals surface area (Å²) < 4.78 is 0.842. The van der Waals surface area contributed by atoms with Gasteiger partial charge in [-0.25, -0.2) is 0 Å². The fourth-order valence-electron chi connectivity index (χ4n) is 4.10. The summed E-state index contributed by atoms with van der Waals surface area (Å²) in [5.41, 5.74) is 3.86. The van der Waals surface area contributed by atoms with Gasteiger partial charge >= 0.3 is 0 Å². The standard InChI is InChI=1S/C27H28BrN3O2/c28-22-11-7-10-21(18-22)26(32)30-23-12-13-25(31-16-5-2-6-17-31)24(19-23)27(33)29-15-14-20-8-3-1-4-9-20/h1,3-4,7-13,18-19H,2,5-6,14-17H2,(H,29,33)(H,30,32). The Bertz CT molecular complexity index is 1110. The number of rotatable bonds is 7. The average molecular weight is 506 g/mol. The Morgan fingerprint density at radius 3 is 2.39 bits per heavy atom. The first kappa shape index (κ1) is 23.1. The highest BCUT2D eigenvalue weighted by atomic mass is 79.9. The molecule has 3 aromatic carbocycles. The second-order valence-corrected chi connectivity index (χ2v) is 9.15. The number of piperidine rings is 1. The largest absolute Gasteiger partial charge is 0.371 e. The number of carbonyl (C=O) groups excluding carboxylic acids is 2. The third-order valence-electron chi connectivity index (χ3n) is 5.82. The van der Waals surface area contributed by atoms with Gasteiger partial charge in [0.25, 0.3) is 11.8 Å². The Labute approximate surface area is 203 Å². The fourth-order valence-corrected chi connectivity index (χ4v) is 4.50. The molecule has 3 aromatic rings. The van der Waals surface area contributed by atoms with Gasteiger partial charge < -0.3 is 15.5 Å². The summed E-state index contributed by atoms with van der Waals surface area (Å²) >= 11 is 3.40. The minimum atomic E-state index is -0.211. The van der Waals surface area contributed by atoms with Crippen LogP contribution in [0.5, 0.6) is 0 Å². The highest BCUT2D eigenvalue weighted by molar-refractivity contribution is 9.10. The predicted octanol–water partition coefficient (Wildman–Crippen LogP) is 5.66. The van der Waals surface area contributed by atoms with Crippen LogP contribution in [0.15, 0.2) is 77.3 Å². The van der Waals surface area contributed by atoms with Gasteiger partial charge in [0.05, 0.1) is 5.56 Å². The van der Waals surface area contributed by atoms with Gasteiger partial charge in [0.1, 0.15) is 0 Å². The van der Waals surface area contributed by atoms with E-state index in [4.69, 9.17) is 0 Å². The summed E-state index contributed by atoms with van der Waals surface area (Å²) in [7, 11) is 0. The SMILES string of the molecule is O=C(Nc1ccc(N2CCCCC2)c(C(=O)NCCc2ccccc2)c1)c1cccc(Br)c1. The zero-order chi connectivity index (χ0) is 23.0. The van der Waals surface area contributed by atoms with Gasteiger partial charge in [-0.05, 0) is 67.6 Å². The molecule has 1 heterocycles. The highest BCUT2D eigenvalue weighted by Crippen LogP contribution is 2.27. The molecule has 170 valence electrons. The molecular weight excluding hydrogens is 478 g/mol.